The van der Waals surface area contributed by atoms with Gasteiger partial charge in [-0.25, -0.2) is 4.98 Å². The number of anilines is 1. The average molecular weight is 471 g/mol. The van der Waals surface area contributed by atoms with Gasteiger partial charge in [0.25, 0.3) is 11.6 Å². The summed E-state index contributed by atoms with van der Waals surface area (Å²) < 4.78 is 5.92. The molecule has 0 aliphatic carbocycles. The summed E-state index contributed by atoms with van der Waals surface area (Å²) in [6.45, 7) is 5.98. The lowest BCUT2D eigenvalue weighted by Crippen LogP contribution is -2.23. The molecule has 4 aromatic rings. The number of nitrogens with one attached hydrogen (secondary N) is 1. The standard InChI is InChI=1S/C27H26N4O4/c1-17-13-22-25(14-18(17)2)35-27(29-22)20-7-5-19(6-8-20)16-28-26(32)21-9-10-23(24(15-21)31(33)34)30-11-3-4-12-30/h5-10,13-15H,3-4,11-12,16H2,1-2H3,(H,28,32). The molecule has 0 unspecified atom stereocenters. The molecule has 8 nitrogen and oxygen atoms in total. The Morgan fingerprint density at radius 3 is 2.49 bits per heavy atom. The number of carbonyl (C=O) groups excluding carboxylic acids is 1. The first-order valence-corrected chi connectivity index (χ1v) is 11.7. The van der Waals surface area contributed by atoms with Gasteiger partial charge in [0.2, 0.25) is 5.89 Å². The number of nitrogens with zero attached hydrogens (tertiary/aromatic N) is 3. The van der Waals surface area contributed by atoms with Crippen LogP contribution in [0.4, 0.5) is 11.4 Å². The molecule has 1 N–H and O–H groups in total. The van der Waals surface area contributed by atoms with Gasteiger partial charge in [-0.15, -0.1) is 0 Å². The Balaban J connectivity index is 1.27. The second-order valence-corrected chi connectivity index (χ2v) is 8.96. The average Bonchev–Trinajstić information content (AvgIpc) is 3.53. The second-order valence-electron chi connectivity index (χ2n) is 8.96. The molecule has 1 aliphatic rings. The number of amides is 1. The summed E-state index contributed by atoms with van der Waals surface area (Å²) in [7, 11) is 0. The van der Waals surface area contributed by atoms with Crippen LogP contribution in [0.2, 0.25) is 0 Å². The number of carbonyl (C=O) groups is 1. The van der Waals surface area contributed by atoms with Crippen LogP contribution in [0, 0.1) is 24.0 Å². The van der Waals surface area contributed by atoms with E-state index in [-0.39, 0.29) is 17.2 Å². The molecule has 0 atom stereocenters. The van der Waals surface area contributed by atoms with Crippen LogP contribution in [0.1, 0.15) is 39.9 Å². The summed E-state index contributed by atoms with van der Waals surface area (Å²) in [5.74, 6) is 0.195. The molecule has 178 valence electrons. The first-order valence-electron chi connectivity index (χ1n) is 11.7. The Hall–Kier alpha value is -4.20. The molecule has 1 amide bonds. The molecule has 3 aromatic carbocycles. The zero-order chi connectivity index (χ0) is 24.5. The monoisotopic (exact) mass is 470 g/mol. The molecular formula is C27H26N4O4. The number of fused-ring (bicyclic) bond motifs is 1. The van der Waals surface area contributed by atoms with Crippen molar-refractivity contribution in [2.45, 2.75) is 33.2 Å². The Morgan fingerprint density at radius 1 is 1.06 bits per heavy atom. The number of nitro groups is 1. The van der Waals surface area contributed by atoms with E-state index in [2.05, 4.69) is 10.3 Å². The van der Waals surface area contributed by atoms with Crippen LogP contribution < -0.4 is 10.2 Å². The lowest BCUT2D eigenvalue weighted by Gasteiger charge is -2.17. The van der Waals surface area contributed by atoms with Crippen LogP contribution >= 0.6 is 0 Å². The van der Waals surface area contributed by atoms with Crippen molar-refractivity contribution in [3.8, 4) is 11.5 Å². The molecule has 1 saturated heterocycles. The van der Waals surface area contributed by atoms with Gasteiger partial charge in [-0.2, -0.15) is 0 Å². The normalized spacial score (nSPS) is 13.4. The lowest BCUT2D eigenvalue weighted by molar-refractivity contribution is -0.384. The van der Waals surface area contributed by atoms with Crippen LogP contribution in [0.15, 0.2) is 59.0 Å². The maximum absolute atomic E-state index is 12.7. The van der Waals surface area contributed by atoms with Crippen molar-refractivity contribution in [2.75, 3.05) is 18.0 Å². The van der Waals surface area contributed by atoms with Crippen molar-refractivity contribution in [1.29, 1.82) is 0 Å². The van der Waals surface area contributed by atoms with Gasteiger partial charge in [-0.3, -0.25) is 14.9 Å². The van der Waals surface area contributed by atoms with E-state index in [9.17, 15) is 14.9 Å². The summed E-state index contributed by atoms with van der Waals surface area (Å²) in [6, 6.07) is 16.3. The third-order valence-corrected chi connectivity index (χ3v) is 6.54. The number of hydrogen-bond acceptors (Lipinski definition) is 6. The van der Waals surface area contributed by atoms with Gasteiger partial charge in [0.1, 0.15) is 11.2 Å². The van der Waals surface area contributed by atoms with Gasteiger partial charge in [-0.1, -0.05) is 12.1 Å². The van der Waals surface area contributed by atoms with Crippen molar-refractivity contribution >= 4 is 28.4 Å². The molecule has 0 spiro atoms. The van der Waals surface area contributed by atoms with Crippen molar-refractivity contribution in [1.82, 2.24) is 10.3 Å². The highest BCUT2D eigenvalue weighted by Crippen LogP contribution is 2.32. The first-order chi connectivity index (χ1) is 16.9. The largest absolute Gasteiger partial charge is 0.436 e. The summed E-state index contributed by atoms with van der Waals surface area (Å²) in [4.78, 5) is 30.5. The molecule has 8 heteroatoms. The van der Waals surface area contributed by atoms with E-state index in [1.807, 2.05) is 55.1 Å². The molecule has 1 fully saturated rings. The van der Waals surface area contributed by atoms with E-state index in [4.69, 9.17) is 4.42 Å². The van der Waals surface area contributed by atoms with E-state index < -0.39 is 4.92 Å². The van der Waals surface area contributed by atoms with Gasteiger partial charge in [0, 0.05) is 36.8 Å². The summed E-state index contributed by atoms with van der Waals surface area (Å²) in [5.41, 5.74) is 6.45. The van der Waals surface area contributed by atoms with Gasteiger partial charge >= 0.3 is 0 Å². The van der Waals surface area contributed by atoms with E-state index in [1.54, 1.807) is 12.1 Å². The minimum Gasteiger partial charge on any atom is -0.436 e. The number of aryl methyl sites for hydroxylation is 2. The molecule has 1 aliphatic heterocycles. The number of hydrogen-bond donors (Lipinski definition) is 1. The molecular weight excluding hydrogens is 444 g/mol. The molecule has 5 rings (SSSR count). The molecule has 0 radical (unpaired) electrons. The van der Waals surface area contributed by atoms with Gasteiger partial charge in [0.15, 0.2) is 5.58 Å². The summed E-state index contributed by atoms with van der Waals surface area (Å²) in [5, 5.41) is 14.5. The lowest BCUT2D eigenvalue weighted by atomic mass is 10.1. The quantitative estimate of drug-likeness (QED) is 0.293. The minimum atomic E-state index is -0.419. The highest BCUT2D eigenvalue weighted by Gasteiger charge is 2.23. The Labute approximate surface area is 202 Å². The zero-order valence-electron chi connectivity index (χ0n) is 19.7. The predicted molar refractivity (Wildman–Crippen MR) is 135 cm³/mol. The SMILES string of the molecule is Cc1cc2nc(-c3ccc(CNC(=O)c4ccc(N5CCCC5)c([N+](=O)[O-])c4)cc3)oc2cc1C. The van der Waals surface area contributed by atoms with E-state index >= 15 is 0 Å². The van der Waals surface area contributed by atoms with Crippen molar-refractivity contribution in [2.24, 2.45) is 0 Å². The topological polar surface area (TPSA) is 102 Å². The van der Waals surface area contributed by atoms with Gasteiger partial charge < -0.3 is 14.6 Å². The Kier molecular flexibility index (Phi) is 5.94. The minimum absolute atomic E-state index is 0.0346. The van der Waals surface area contributed by atoms with Gasteiger partial charge in [-0.05, 0) is 79.8 Å². The van der Waals surface area contributed by atoms with Crippen molar-refractivity contribution < 1.29 is 14.1 Å². The number of oxazole rings is 1. The third-order valence-electron chi connectivity index (χ3n) is 6.54. The smallest absolute Gasteiger partial charge is 0.293 e. The highest BCUT2D eigenvalue weighted by atomic mass is 16.6. The molecule has 0 saturated carbocycles. The van der Waals surface area contributed by atoms with Crippen LogP contribution in [0.5, 0.6) is 0 Å². The fourth-order valence-corrected chi connectivity index (χ4v) is 4.39. The maximum atomic E-state index is 12.7. The zero-order valence-corrected chi connectivity index (χ0v) is 19.7. The number of benzene rings is 3. The predicted octanol–water partition coefficient (Wildman–Crippen LogP) is 5.55. The maximum Gasteiger partial charge on any atom is 0.293 e. The van der Waals surface area contributed by atoms with Crippen molar-refractivity contribution in [3.63, 3.8) is 0 Å². The van der Waals surface area contributed by atoms with E-state index in [0.29, 0.717) is 18.1 Å². The Morgan fingerprint density at radius 2 is 1.77 bits per heavy atom. The molecule has 1 aromatic heterocycles. The highest BCUT2D eigenvalue weighted by molar-refractivity contribution is 5.95. The number of aromatic nitrogens is 1. The van der Waals surface area contributed by atoms with E-state index in [1.165, 1.54) is 11.6 Å². The summed E-state index contributed by atoms with van der Waals surface area (Å²) in [6.07, 6.45) is 2.04. The van der Waals surface area contributed by atoms with E-state index in [0.717, 1.165) is 53.7 Å². The third kappa shape index (κ3) is 4.59. The molecule has 0 bridgehead atoms. The number of nitro benzene ring substituents is 1. The van der Waals surface area contributed by atoms with Crippen LogP contribution in [-0.4, -0.2) is 28.9 Å². The Bertz CT molecular complexity index is 1380. The van der Waals surface area contributed by atoms with Gasteiger partial charge in [0.05, 0.1) is 4.92 Å². The van der Waals surface area contributed by atoms with Crippen LogP contribution in [0.3, 0.4) is 0 Å². The number of rotatable bonds is 6. The van der Waals surface area contributed by atoms with Crippen LogP contribution in [0.25, 0.3) is 22.6 Å². The fourth-order valence-electron chi connectivity index (χ4n) is 4.39. The first kappa shape index (κ1) is 22.6. The van der Waals surface area contributed by atoms with Crippen LogP contribution in [-0.2, 0) is 6.54 Å². The van der Waals surface area contributed by atoms with Crippen molar-refractivity contribution in [3.05, 3.63) is 87.0 Å². The summed E-state index contributed by atoms with van der Waals surface area (Å²) >= 11 is 0. The fraction of sp³-hybridized carbons (Fsp3) is 0.259. The molecule has 2 heterocycles. The molecule has 35 heavy (non-hydrogen) atoms. The second kappa shape index (κ2) is 9.21.